The Labute approximate surface area is 147 Å². The first-order valence-corrected chi connectivity index (χ1v) is 8.31. The number of aromatic nitrogens is 2. The number of likely N-dealkylation sites (tertiary alicyclic amines) is 1. The predicted octanol–water partition coefficient (Wildman–Crippen LogP) is 2.57. The van der Waals surface area contributed by atoms with Crippen molar-refractivity contribution in [3.05, 3.63) is 54.1 Å². The van der Waals surface area contributed by atoms with Crippen LogP contribution in [0.3, 0.4) is 0 Å². The van der Waals surface area contributed by atoms with Crippen LogP contribution in [0.25, 0.3) is 6.08 Å². The minimum absolute atomic E-state index is 0.00188. The van der Waals surface area contributed by atoms with Gasteiger partial charge in [-0.15, -0.1) is 10.2 Å². The predicted molar refractivity (Wildman–Crippen MR) is 94.3 cm³/mol. The van der Waals surface area contributed by atoms with Crippen molar-refractivity contribution in [2.24, 2.45) is 0 Å². The molecule has 1 amide bonds. The molecule has 130 valence electrons. The molecule has 0 bridgehead atoms. The number of amides is 1. The zero-order chi connectivity index (χ0) is 17.5. The molecule has 0 N–H and O–H groups in total. The molecule has 6 nitrogen and oxygen atoms in total. The third-order valence-corrected chi connectivity index (χ3v) is 4.02. The van der Waals surface area contributed by atoms with Crippen LogP contribution < -0.4 is 9.47 Å². The Morgan fingerprint density at radius 3 is 2.64 bits per heavy atom. The van der Waals surface area contributed by atoms with Gasteiger partial charge in [0.2, 0.25) is 17.7 Å². The largest absolute Gasteiger partial charge is 0.480 e. The molecule has 0 aliphatic carbocycles. The second kappa shape index (κ2) is 8.28. The lowest BCUT2D eigenvalue weighted by Crippen LogP contribution is -2.43. The zero-order valence-corrected chi connectivity index (χ0v) is 14.2. The monoisotopic (exact) mass is 339 g/mol. The number of hydrogen-bond donors (Lipinski definition) is 0. The quantitative estimate of drug-likeness (QED) is 0.784. The lowest BCUT2D eigenvalue weighted by molar-refractivity contribution is -0.128. The molecule has 6 heteroatoms. The summed E-state index contributed by atoms with van der Waals surface area (Å²) < 4.78 is 10.8. The molecule has 25 heavy (non-hydrogen) atoms. The van der Waals surface area contributed by atoms with Gasteiger partial charge in [-0.3, -0.25) is 4.79 Å². The van der Waals surface area contributed by atoms with Crippen molar-refractivity contribution in [2.45, 2.75) is 18.9 Å². The number of benzene rings is 1. The normalized spacial score (nSPS) is 17.5. The van der Waals surface area contributed by atoms with E-state index in [-0.39, 0.29) is 12.0 Å². The van der Waals surface area contributed by atoms with Gasteiger partial charge in [0.15, 0.2) is 0 Å². The number of rotatable bonds is 5. The second-order valence-corrected chi connectivity index (χ2v) is 5.82. The summed E-state index contributed by atoms with van der Waals surface area (Å²) in [6.07, 6.45) is 5.16. The molecule has 1 atom stereocenters. The molecule has 2 heterocycles. The van der Waals surface area contributed by atoms with Crippen LogP contribution in [0.4, 0.5) is 0 Å². The van der Waals surface area contributed by atoms with E-state index in [1.54, 1.807) is 18.2 Å². The van der Waals surface area contributed by atoms with E-state index in [2.05, 4.69) is 10.2 Å². The van der Waals surface area contributed by atoms with Gasteiger partial charge in [-0.25, -0.2) is 0 Å². The average Bonchev–Trinajstić information content (AvgIpc) is 2.68. The van der Waals surface area contributed by atoms with Gasteiger partial charge in [-0.1, -0.05) is 30.3 Å². The average molecular weight is 339 g/mol. The summed E-state index contributed by atoms with van der Waals surface area (Å²) in [6.45, 7) is 1.29. The summed E-state index contributed by atoms with van der Waals surface area (Å²) in [5.41, 5.74) is 1.01. The van der Waals surface area contributed by atoms with Crippen molar-refractivity contribution in [2.75, 3.05) is 20.2 Å². The molecule has 2 aromatic rings. The van der Waals surface area contributed by atoms with Crippen molar-refractivity contribution in [1.29, 1.82) is 0 Å². The number of nitrogens with zero attached hydrogens (tertiary/aromatic N) is 3. The standard InChI is InChI=1S/C19H21N3O3/c1-24-17-10-11-18(21-20-17)25-16-8-5-13-22(14-16)19(23)12-9-15-6-3-2-4-7-15/h2-4,6-7,9-12,16H,5,8,13-14H2,1H3/b12-9+. The van der Waals surface area contributed by atoms with Gasteiger partial charge in [-0.2, -0.15) is 0 Å². The number of piperidine rings is 1. The fourth-order valence-corrected chi connectivity index (χ4v) is 2.72. The van der Waals surface area contributed by atoms with Crippen molar-refractivity contribution >= 4 is 12.0 Å². The van der Waals surface area contributed by atoms with E-state index in [1.165, 1.54) is 7.11 Å². The molecule has 1 aliphatic heterocycles. The van der Waals surface area contributed by atoms with Crippen molar-refractivity contribution < 1.29 is 14.3 Å². The fraction of sp³-hybridized carbons (Fsp3) is 0.316. The Morgan fingerprint density at radius 1 is 1.16 bits per heavy atom. The zero-order valence-electron chi connectivity index (χ0n) is 14.2. The first-order valence-electron chi connectivity index (χ1n) is 8.31. The van der Waals surface area contributed by atoms with Crippen LogP contribution in [0.15, 0.2) is 48.5 Å². The fourth-order valence-electron chi connectivity index (χ4n) is 2.72. The van der Waals surface area contributed by atoms with Crippen molar-refractivity contribution in [1.82, 2.24) is 15.1 Å². The van der Waals surface area contributed by atoms with Crippen LogP contribution in [0.2, 0.25) is 0 Å². The summed E-state index contributed by atoms with van der Waals surface area (Å²) in [4.78, 5) is 14.2. The molecule has 1 unspecified atom stereocenters. The maximum Gasteiger partial charge on any atom is 0.246 e. The SMILES string of the molecule is COc1ccc(OC2CCCN(C(=O)/C=C/c3ccccc3)C2)nn1. The number of methoxy groups -OCH3 is 1. The van der Waals surface area contributed by atoms with Crippen molar-refractivity contribution in [3.63, 3.8) is 0 Å². The molecule has 1 fully saturated rings. The number of carbonyl (C=O) groups is 1. The molecule has 0 saturated carbocycles. The van der Waals surface area contributed by atoms with Crippen LogP contribution in [0.5, 0.6) is 11.8 Å². The highest BCUT2D eigenvalue weighted by atomic mass is 16.5. The smallest absolute Gasteiger partial charge is 0.246 e. The van der Waals surface area contributed by atoms with Gasteiger partial charge in [0.25, 0.3) is 0 Å². The third kappa shape index (κ3) is 4.79. The third-order valence-electron chi connectivity index (χ3n) is 4.02. The molecule has 1 saturated heterocycles. The minimum Gasteiger partial charge on any atom is -0.480 e. The molecule has 0 spiro atoms. The van der Waals surface area contributed by atoms with Crippen molar-refractivity contribution in [3.8, 4) is 11.8 Å². The Bertz CT molecular complexity index is 716. The first-order chi connectivity index (χ1) is 12.2. The van der Waals surface area contributed by atoms with Gasteiger partial charge in [0.05, 0.1) is 13.7 Å². The highest BCUT2D eigenvalue weighted by molar-refractivity contribution is 5.91. The Hall–Kier alpha value is -2.89. The van der Waals surface area contributed by atoms with E-state index < -0.39 is 0 Å². The van der Waals surface area contributed by atoms with Crippen LogP contribution in [-0.2, 0) is 4.79 Å². The summed E-state index contributed by atoms with van der Waals surface area (Å²) in [5, 5.41) is 7.87. The Kier molecular flexibility index (Phi) is 5.61. The highest BCUT2D eigenvalue weighted by Crippen LogP contribution is 2.18. The minimum atomic E-state index is -0.0782. The van der Waals surface area contributed by atoms with Crippen LogP contribution in [0.1, 0.15) is 18.4 Å². The van der Waals surface area contributed by atoms with Crippen LogP contribution in [-0.4, -0.2) is 47.3 Å². The molecule has 1 aromatic carbocycles. The molecular weight excluding hydrogens is 318 g/mol. The van der Waals surface area contributed by atoms with E-state index in [0.29, 0.717) is 18.3 Å². The number of carbonyl (C=O) groups excluding carboxylic acids is 1. The summed E-state index contributed by atoms with van der Waals surface area (Å²) >= 11 is 0. The molecular formula is C19H21N3O3. The molecule has 3 rings (SSSR count). The van der Waals surface area contributed by atoms with Gasteiger partial charge in [-0.05, 0) is 24.5 Å². The van der Waals surface area contributed by atoms with Gasteiger partial charge in [0.1, 0.15) is 6.10 Å². The maximum atomic E-state index is 12.4. The summed E-state index contributed by atoms with van der Waals surface area (Å²) in [5.74, 6) is 0.886. The maximum absolute atomic E-state index is 12.4. The van der Waals surface area contributed by atoms with E-state index >= 15 is 0 Å². The summed E-state index contributed by atoms with van der Waals surface area (Å²) in [6, 6.07) is 13.2. The van der Waals surface area contributed by atoms with Gasteiger partial charge < -0.3 is 14.4 Å². The number of hydrogen-bond acceptors (Lipinski definition) is 5. The first kappa shape index (κ1) is 17.0. The lowest BCUT2D eigenvalue weighted by Gasteiger charge is -2.31. The van der Waals surface area contributed by atoms with Gasteiger partial charge in [0, 0.05) is 24.8 Å². The summed E-state index contributed by atoms with van der Waals surface area (Å²) in [7, 11) is 1.54. The lowest BCUT2D eigenvalue weighted by atomic mass is 10.1. The van der Waals surface area contributed by atoms with E-state index in [4.69, 9.17) is 9.47 Å². The van der Waals surface area contributed by atoms with E-state index in [0.717, 1.165) is 24.9 Å². The topological polar surface area (TPSA) is 64.6 Å². The van der Waals surface area contributed by atoms with Crippen LogP contribution >= 0.6 is 0 Å². The second-order valence-electron chi connectivity index (χ2n) is 5.82. The van der Waals surface area contributed by atoms with Crippen LogP contribution in [0, 0.1) is 0 Å². The Balaban J connectivity index is 1.56. The van der Waals surface area contributed by atoms with Gasteiger partial charge >= 0.3 is 0 Å². The number of ether oxygens (including phenoxy) is 2. The molecule has 1 aliphatic rings. The Morgan fingerprint density at radius 2 is 1.92 bits per heavy atom. The van der Waals surface area contributed by atoms with E-state index in [9.17, 15) is 4.79 Å². The molecule has 0 radical (unpaired) electrons. The molecule has 1 aromatic heterocycles. The highest BCUT2D eigenvalue weighted by Gasteiger charge is 2.24. The van der Waals surface area contributed by atoms with E-state index in [1.807, 2.05) is 41.3 Å².